The van der Waals surface area contributed by atoms with Gasteiger partial charge < -0.3 is 15.0 Å². The number of thiophene rings is 1. The first-order valence-electron chi connectivity index (χ1n) is 8.17. The summed E-state index contributed by atoms with van der Waals surface area (Å²) in [6, 6.07) is 13.5. The maximum absolute atomic E-state index is 12.5. The molecule has 0 saturated carbocycles. The van der Waals surface area contributed by atoms with Crippen molar-refractivity contribution in [2.24, 2.45) is 0 Å². The van der Waals surface area contributed by atoms with E-state index in [0.717, 1.165) is 32.8 Å². The standard InChI is InChI=1S/C20H17N3O2S/c1-25-15-5-2-4-13(8-15)10-23-20(24)14-9-18(26-12-14)17-11-22-19-16(17)6-3-7-21-19/h2-9,11-12H,10H2,1H3,(H,21,22)(H,23,24). The molecule has 3 aromatic heterocycles. The molecular formula is C20H17N3O2S. The Balaban J connectivity index is 1.49. The highest BCUT2D eigenvalue weighted by molar-refractivity contribution is 7.14. The summed E-state index contributed by atoms with van der Waals surface area (Å²) in [6.45, 7) is 0.457. The number of methoxy groups -OCH3 is 1. The average molecular weight is 363 g/mol. The molecule has 5 nitrogen and oxygen atoms in total. The fourth-order valence-corrected chi connectivity index (χ4v) is 3.74. The molecule has 0 fully saturated rings. The Morgan fingerprint density at radius 1 is 1.27 bits per heavy atom. The number of ether oxygens (including phenoxy) is 1. The van der Waals surface area contributed by atoms with Gasteiger partial charge in [-0.25, -0.2) is 4.98 Å². The van der Waals surface area contributed by atoms with Crippen LogP contribution in [0.4, 0.5) is 0 Å². The number of benzene rings is 1. The predicted molar refractivity (Wildman–Crippen MR) is 104 cm³/mol. The first kappa shape index (κ1) is 16.4. The molecule has 0 radical (unpaired) electrons. The number of rotatable bonds is 5. The molecule has 6 heteroatoms. The molecule has 26 heavy (non-hydrogen) atoms. The summed E-state index contributed by atoms with van der Waals surface area (Å²) in [4.78, 5) is 21.0. The van der Waals surface area contributed by atoms with Gasteiger partial charge in [-0.05, 0) is 35.9 Å². The zero-order chi connectivity index (χ0) is 17.9. The van der Waals surface area contributed by atoms with Crippen LogP contribution >= 0.6 is 11.3 Å². The number of nitrogens with zero attached hydrogens (tertiary/aromatic N) is 1. The number of H-pyrrole nitrogens is 1. The van der Waals surface area contributed by atoms with E-state index in [2.05, 4.69) is 15.3 Å². The number of carbonyl (C=O) groups is 1. The molecule has 0 spiro atoms. The van der Waals surface area contributed by atoms with Gasteiger partial charge in [-0.3, -0.25) is 4.79 Å². The number of aromatic nitrogens is 2. The lowest BCUT2D eigenvalue weighted by atomic mass is 10.1. The maximum Gasteiger partial charge on any atom is 0.252 e. The van der Waals surface area contributed by atoms with Crippen molar-refractivity contribution in [3.63, 3.8) is 0 Å². The lowest BCUT2D eigenvalue weighted by molar-refractivity contribution is 0.0951. The van der Waals surface area contributed by atoms with Crippen LogP contribution in [0.5, 0.6) is 5.75 Å². The average Bonchev–Trinajstić information content (AvgIpc) is 3.33. The van der Waals surface area contributed by atoms with Crippen molar-refractivity contribution in [2.45, 2.75) is 6.54 Å². The minimum atomic E-state index is -0.0895. The van der Waals surface area contributed by atoms with E-state index in [1.807, 2.05) is 54.0 Å². The van der Waals surface area contributed by atoms with E-state index < -0.39 is 0 Å². The molecule has 4 aromatic rings. The van der Waals surface area contributed by atoms with Crippen LogP contribution in [0.1, 0.15) is 15.9 Å². The van der Waals surface area contributed by atoms with Crippen LogP contribution in [0.15, 0.2) is 60.2 Å². The molecule has 0 unspecified atom stereocenters. The summed E-state index contributed by atoms with van der Waals surface area (Å²) in [5, 5.41) is 5.89. The number of fused-ring (bicyclic) bond motifs is 1. The second kappa shape index (κ2) is 7.01. The Hall–Kier alpha value is -3.12. The maximum atomic E-state index is 12.5. The van der Waals surface area contributed by atoms with Gasteiger partial charge in [-0.1, -0.05) is 12.1 Å². The van der Waals surface area contributed by atoms with Crippen molar-refractivity contribution in [1.29, 1.82) is 0 Å². The molecule has 0 saturated heterocycles. The molecule has 0 atom stereocenters. The Bertz CT molecular complexity index is 1070. The third kappa shape index (κ3) is 3.19. The van der Waals surface area contributed by atoms with Crippen LogP contribution in [0, 0.1) is 0 Å². The quantitative estimate of drug-likeness (QED) is 0.558. The molecule has 4 rings (SSSR count). The smallest absolute Gasteiger partial charge is 0.252 e. The second-order valence-electron chi connectivity index (χ2n) is 5.84. The van der Waals surface area contributed by atoms with Crippen LogP contribution in [-0.2, 0) is 6.54 Å². The zero-order valence-corrected chi connectivity index (χ0v) is 15.0. The predicted octanol–water partition coefficient (Wildman–Crippen LogP) is 4.23. The monoisotopic (exact) mass is 363 g/mol. The Morgan fingerprint density at radius 2 is 2.19 bits per heavy atom. The molecule has 1 amide bonds. The van der Waals surface area contributed by atoms with Crippen molar-refractivity contribution in [1.82, 2.24) is 15.3 Å². The summed E-state index contributed by atoms with van der Waals surface area (Å²) < 4.78 is 5.21. The van der Waals surface area contributed by atoms with E-state index in [-0.39, 0.29) is 5.91 Å². The minimum Gasteiger partial charge on any atom is -0.497 e. The van der Waals surface area contributed by atoms with Crippen molar-refractivity contribution in [3.05, 3.63) is 71.4 Å². The fraction of sp³-hybridized carbons (Fsp3) is 0.100. The molecule has 0 aliphatic rings. The number of amides is 1. The molecule has 0 bridgehead atoms. The van der Waals surface area contributed by atoms with Gasteiger partial charge in [-0.15, -0.1) is 11.3 Å². The van der Waals surface area contributed by atoms with Crippen LogP contribution in [-0.4, -0.2) is 23.0 Å². The van der Waals surface area contributed by atoms with Crippen molar-refractivity contribution < 1.29 is 9.53 Å². The van der Waals surface area contributed by atoms with E-state index in [4.69, 9.17) is 4.74 Å². The Labute approximate surface area is 154 Å². The Kier molecular flexibility index (Phi) is 4.41. The first-order chi connectivity index (χ1) is 12.7. The van der Waals surface area contributed by atoms with E-state index >= 15 is 0 Å². The molecule has 3 heterocycles. The van der Waals surface area contributed by atoms with Gasteiger partial charge in [0.25, 0.3) is 5.91 Å². The highest BCUT2D eigenvalue weighted by atomic mass is 32.1. The van der Waals surface area contributed by atoms with Gasteiger partial charge in [0, 0.05) is 40.1 Å². The number of pyridine rings is 1. The summed E-state index contributed by atoms with van der Waals surface area (Å²) >= 11 is 1.55. The number of nitrogens with one attached hydrogen (secondary N) is 2. The first-order valence-corrected chi connectivity index (χ1v) is 9.04. The fourth-order valence-electron chi connectivity index (χ4n) is 2.82. The second-order valence-corrected chi connectivity index (χ2v) is 6.75. The minimum absolute atomic E-state index is 0.0895. The van der Waals surface area contributed by atoms with Crippen LogP contribution in [0.3, 0.4) is 0 Å². The number of hydrogen-bond acceptors (Lipinski definition) is 4. The SMILES string of the molecule is COc1cccc(CNC(=O)c2csc(-c3c[nH]c4ncccc34)c2)c1. The zero-order valence-electron chi connectivity index (χ0n) is 14.2. The number of carbonyl (C=O) groups excluding carboxylic acids is 1. The van der Waals surface area contributed by atoms with Gasteiger partial charge in [0.2, 0.25) is 0 Å². The third-order valence-electron chi connectivity index (χ3n) is 4.17. The van der Waals surface area contributed by atoms with Crippen LogP contribution < -0.4 is 10.1 Å². The van der Waals surface area contributed by atoms with E-state index in [0.29, 0.717) is 12.1 Å². The van der Waals surface area contributed by atoms with E-state index in [1.165, 1.54) is 0 Å². The number of aromatic amines is 1. The van der Waals surface area contributed by atoms with Crippen LogP contribution in [0.25, 0.3) is 21.5 Å². The summed E-state index contributed by atoms with van der Waals surface area (Å²) in [5.74, 6) is 0.691. The highest BCUT2D eigenvalue weighted by Crippen LogP contribution is 2.32. The summed E-state index contributed by atoms with van der Waals surface area (Å²) in [6.07, 6.45) is 3.69. The summed E-state index contributed by atoms with van der Waals surface area (Å²) in [7, 11) is 1.63. The molecule has 130 valence electrons. The molecule has 0 aliphatic carbocycles. The van der Waals surface area contributed by atoms with Gasteiger partial charge in [-0.2, -0.15) is 0 Å². The van der Waals surface area contributed by atoms with Crippen LogP contribution in [0.2, 0.25) is 0 Å². The van der Waals surface area contributed by atoms with Crippen molar-refractivity contribution in [3.8, 4) is 16.2 Å². The molecule has 2 N–H and O–H groups in total. The largest absolute Gasteiger partial charge is 0.497 e. The van der Waals surface area contributed by atoms with Gasteiger partial charge in [0.15, 0.2) is 0 Å². The molecular weight excluding hydrogens is 346 g/mol. The van der Waals surface area contributed by atoms with Gasteiger partial charge in [0.05, 0.1) is 12.7 Å². The molecule has 0 aliphatic heterocycles. The van der Waals surface area contributed by atoms with E-state index in [9.17, 15) is 4.79 Å². The Morgan fingerprint density at radius 3 is 3.08 bits per heavy atom. The lowest BCUT2D eigenvalue weighted by Gasteiger charge is -2.06. The van der Waals surface area contributed by atoms with Crippen molar-refractivity contribution in [2.75, 3.05) is 7.11 Å². The third-order valence-corrected chi connectivity index (χ3v) is 5.13. The summed E-state index contributed by atoms with van der Waals surface area (Å²) in [5.41, 5.74) is 3.56. The topological polar surface area (TPSA) is 67.0 Å². The lowest BCUT2D eigenvalue weighted by Crippen LogP contribution is -2.22. The van der Waals surface area contributed by atoms with E-state index in [1.54, 1.807) is 24.6 Å². The van der Waals surface area contributed by atoms with Crippen molar-refractivity contribution >= 4 is 28.3 Å². The molecule has 1 aromatic carbocycles. The van der Waals surface area contributed by atoms with Gasteiger partial charge >= 0.3 is 0 Å². The van der Waals surface area contributed by atoms with Gasteiger partial charge in [0.1, 0.15) is 11.4 Å². The highest BCUT2D eigenvalue weighted by Gasteiger charge is 2.13. The normalized spacial score (nSPS) is 10.8. The number of hydrogen-bond donors (Lipinski definition) is 2.